The lowest BCUT2D eigenvalue weighted by Gasteiger charge is -2.28. The van der Waals surface area contributed by atoms with Gasteiger partial charge in [-0.25, -0.2) is 0 Å². The Hall–Kier alpha value is -1.23. The smallest absolute Gasteiger partial charge is 0.307 e. The minimum atomic E-state index is -0.830. The predicted octanol–water partition coefficient (Wildman–Crippen LogP) is -0.502. The molecule has 0 amide bonds. The Morgan fingerprint density at radius 2 is 2.23 bits per heavy atom. The molecule has 1 unspecified atom stereocenters. The molecule has 1 rings (SSSR count). The maximum atomic E-state index is 10.5. The number of β-amino-alcohol motifs (C(OH)–C–C–N with tert-alkyl or cyclic N) is 1. The number of carboxylic acids is 1. The first-order chi connectivity index (χ1) is 6.15. The second-order valence-electron chi connectivity index (χ2n) is 3.00. The van der Waals surface area contributed by atoms with Gasteiger partial charge >= 0.3 is 5.97 Å². The summed E-state index contributed by atoms with van der Waals surface area (Å²) in [6.45, 7) is 0.507. The first-order valence-electron chi connectivity index (χ1n) is 4.14. The fraction of sp³-hybridized carbons (Fsp3) is 0.625. The van der Waals surface area contributed by atoms with E-state index >= 15 is 0 Å². The third-order valence-electron chi connectivity index (χ3n) is 2.06. The zero-order valence-electron chi connectivity index (χ0n) is 7.55. The molecule has 0 radical (unpaired) electrons. The average Bonchev–Trinajstić information content (AvgIpc) is 2.36. The second kappa shape index (κ2) is 4.13. The lowest BCUT2D eigenvalue weighted by molar-refractivity contribution is -0.139. The number of nitrogens with zero attached hydrogens (tertiary/aromatic N) is 2. The highest BCUT2D eigenvalue weighted by atomic mass is 16.4. The van der Waals surface area contributed by atoms with Crippen LogP contribution in [0.3, 0.4) is 0 Å². The standard InChI is InChI=1S/C8H14N2O3/c1-9-2-3-10(4-5-11)7(9)6-8(12)13/h2-3,7,11H,4-6H2,1H3,(H,12,13). The van der Waals surface area contributed by atoms with Gasteiger partial charge < -0.3 is 20.0 Å². The number of carboxylic acid groups (broad SMARTS) is 1. The Labute approximate surface area is 76.9 Å². The van der Waals surface area contributed by atoms with E-state index in [0.717, 1.165) is 0 Å². The molecular formula is C8H14N2O3. The van der Waals surface area contributed by atoms with Crippen molar-refractivity contribution in [1.29, 1.82) is 0 Å². The molecule has 13 heavy (non-hydrogen) atoms. The van der Waals surface area contributed by atoms with Gasteiger partial charge in [0.2, 0.25) is 0 Å². The quantitative estimate of drug-likeness (QED) is 0.619. The van der Waals surface area contributed by atoms with Crippen LogP contribution in [0.2, 0.25) is 0 Å². The van der Waals surface area contributed by atoms with Crippen LogP contribution in [0.5, 0.6) is 0 Å². The molecule has 0 fully saturated rings. The molecule has 1 aliphatic heterocycles. The highest BCUT2D eigenvalue weighted by Crippen LogP contribution is 2.15. The largest absolute Gasteiger partial charge is 0.481 e. The van der Waals surface area contributed by atoms with Crippen LogP contribution in [0.1, 0.15) is 6.42 Å². The van der Waals surface area contributed by atoms with Gasteiger partial charge in [-0.3, -0.25) is 4.79 Å². The molecule has 0 spiro atoms. The van der Waals surface area contributed by atoms with E-state index in [0.29, 0.717) is 6.54 Å². The van der Waals surface area contributed by atoms with Crippen molar-refractivity contribution in [3.05, 3.63) is 12.4 Å². The number of hydrogen-bond donors (Lipinski definition) is 2. The topological polar surface area (TPSA) is 64.0 Å². The van der Waals surface area contributed by atoms with Crippen LogP contribution in [0, 0.1) is 0 Å². The van der Waals surface area contributed by atoms with Crippen LogP contribution < -0.4 is 0 Å². The van der Waals surface area contributed by atoms with Crippen LogP contribution in [0.15, 0.2) is 12.4 Å². The summed E-state index contributed by atoms with van der Waals surface area (Å²) in [6, 6.07) is 0. The molecule has 0 aromatic heterocycles. The normalized spacial score (nSPS) is 21.2. The molecule has 0 saturated carbocycles. The molecule has 1 atom stereocenters. The molecule has 5 heteroatoms. The second-order valence-corrected chi connectivity index (χ2v) is 3.00. The van der Waals surface area contributed by atoms with Gasteiger partial charge in [-0.05, 0) is 0 Å². The summed E-state index contributed by atoms with van der Waals surface area (Å²) in [7, 11) is 1.82. The van der Waals surface area contributed by atoms with Gasteiger partial charge in [-0.15, -0.1) is 0 Å². The number of rotatable bonds is 4. The SMILES string of the molecule is CN1C=CN(CCO)C1CC(=O)O. The van der Waals surface area contributed by atoms with Crippen molar-refractivity contribution in [3.8, 4) is 0 Å². The molecule has 5 nitrogen and oxygen atoms in total. The maximum absolute atomic E-state index is 10.5. The number of carbonyl (C=O) groups is 1. The summed E-state index contributed by atoms with van der Waals surface area (Å²) in [5.74, 6) is -0.830. The number of aliphatic carboxylic acids is 1. The van der Waals surface area contributed by atoms with Crippen molar-refractivity contribution in [2.24, 2.45) is 0 Å². The predicted molar refractivity (Wildman–Crippen MR) is 46.7 cm³/mol. The van der Waals surface area contributed by atoms with Crippen molar-refractivity contribution < 1.29 is 15.0 Å². The van der Waals surface area contributed by atoms with E-state index in [1.807, 2.05) is 23.0 Å². The molecule has 1 aliphatic rings. The molecule has 0 aromatic carbocycles. The summed E-state index contributed by atoms with van der Waals surface area (Å²) >= 11 is 0. The lowest BCUT2D eigenvalue weighted by Crippen LogP contribution is -2.39. The van der Waals surface area contributed by atoms with Gasteiger partial charge in [-0.2, -0.15) is 0 Å². The van der Waals surface area contributed by atoms with Gasteiger partial charge in [-0.1, -0.05) is 0 Å². The van der Waals surface area contributed by atoms with Gasteiger partial charge in [0.1, 0.15) is 6.17 Å². The Morgan fingerprint density at radius 1 is 1.54 bits per heavy atom. The summed E-state index contributed by atoms with van der Waals surface area (Å²) in [4.78, 5) is 14.1. The van der Waals surface area contributed by atoms with Gasteiger partial charge in [0.25, 0.3) is 0 Å². The first-order valence-corrected chi connectivity index (χ1v) is 4.14. The van der Waals surface area contributed by atoms with E-state index in [1.165, 1.54) is 0 Å². The zero-order chi connectivity index (χ0) is 9.84. The third kappa shape index (κ3) is 2.35. The fourth-order valence-electron chi connectivity index (χ4n) is 1.38. The van der Waals surface area contributed by atoms with E-state index in [4.69, 9.17) is 10.2 Å². The van der Waals surface area contributed by atoms with Crippen molar-refractivity contribution in [3.63, 3.8) is 0 Å². The third-order valence-corrected chi connectivity index (χ3v) is 2.06. The molecule has 2 N–H and O–H groups in total. The van der Waals surface area contributed by atoms with Gasteiger partial charge in [0.15, 0.2) is 0 Å². The number of aliphatic hydroxyl groups is 1. The van der Waals surface area contributed by atoms with Gasteiger partial charge in [0.05, 0.1) is 13.0 Å². The van der Waals surface area contributed by atoms with Crippen LogP contribution in [-0.2, 0) is 4.79 Å². The molecule has 74 valence electrons. The number of hydrogen-bond acceptors (Lipinski definition) is 4. The van der Waals surface area contributed by atoms with Crippen LogP contribution in [0.25, 0.3) is 0 Å². The Balaban J connectivity index is 2.53. The van der Waals surface area contributed by atoms with E-state index in [2.05, 4.69) is 0 Å². The minimum absolute atomic E-state index is 0.0360. The molecule has 0 aliphatic carbocycles. The highest BCUT2D eigenvalue weighted by Gasteiger charge is 2.25. The molecule has 1 heterocycles. The summed E-state index contributed by atoms with van der Waals surface area (Å²) in [5.41, 5.74) is 0. The summed E-state index contributed by atoms with van der Waals surface area (Å²) in [5, 5.41) is 17.4. The van der Waals surface area contributed by atoms with Crippen molar-refractivity contribution >= 4 is 5.97 Å². The van der Waals surface area contributed by atoms with Crippen molar-refractivity contribution in [1.82, 2.24) is 9.80 Å². The first kappa shape index (κ1) is 9.85. The van der Waals surface area contributed by atoms with Crippen molar-refractivity contribution in [2.45, 2.75) is 12.6 Å². The Morgan fingerprint density at radius 3 is 2.77 bits per heavy atom. The van der Waals surface area contributed by atoms with E-state index < -0.39 is 5.97 Å². The Bertz CT molecular complexity index is 217. The van der Waals surface area contributed by atoms with Crippen LogP contribution in [-0.4, -0.2) is 52.3 Å². The van der Waals surface area contributed by atoms with E-state index in [1.54, 1.807) is 6.20 Å². The summed E-state index contributed by atoms with van der Waals surface area (Å²) < 4.78 is 0. The summed E-state index contributed by atoms with van der Waals surface area (Å²) in [6.07, 6.45) is 3.50. The van der Waals surface area contributed by atoms with Crippen molar-refractivity contribution in [2.75, 3.05) is 20.2 Å². The van der Waals surface area contributed by atoms with Gasteiger partial charge in [0, 0.05) is 26.0 Å². The lowest BCUT2D eigenvalue weighted by atomic mass is 10.3. The number of aliphatic hydroxyl groups excluding tert-OH is 1. The fourth-order valence-corrected chi connectivity index (χ4v) is 1.38. The van der Waals surface area contributed by atoms with Crippen LogP contribution in [0.4, 0.5) is 0 Å². The molecule has 0 aromatic rings. The van der Waals surface area contributed by atoms with E-state index in [9.17, 15) is 4.79 Å². The average molecular weight is 186 g/mol. The highest BCUT2D eigenvalue weighted by molar-refractivity contribution is 5.67. The molecule has 0 bridgehead atoms. The zero-order valence-corrected chi connectivity index (χ0v) is 7.55. The Kier molecular flexibility index (Phi) is 3.13. The maximum Gasteiger partial charge on any atom is 0.307 e. The van der Waals surface area contributed by atoms with Crippen LogP contribution >= 0.6 is 0 Å². The minimum Gasteiger partial charge on any atom is -0.481 e. The monoisotopic (exact) mass is 186 g/mol. The molecular weight excluding hydrogens is 172 g/mol. The molecule has 0 saturated heterocycles. The van der Waals surface area contributed by atoms with E-state index in [-0.39, 0.29) is 19.2 Å².